The van der Waals surface area contributed by atoms with E-state index in [9.17, 15) is 9.18 Å². The van der Waals surface area contributed by atoms with Crippen LogP contribution in [0.2, 0.25) is 0 Å². The second-order valence-corrected chi connectivity index (χ2v) is 5.78. The molecule has 0 atom stereocenters. The minimum Gasteiger partial charge on any atom is -0.486 e. The maximum absolute atomic E-state index is 14.0. The second-order valence-electron chi connectivity index (χ2n) is 4.93. The van der Waals surface area contributed by atoms with Crippen LogP contribution in [-0.4, -0.2) is 13.3 Å². The molecule has 0 aliphatic heterocycles. The third-order valence-corrected chi connectivity index (χ3v) is 4.10. The average molecular weight is 383 g/mol. The Kier molecular flexibility index (Phi) is 5.60. The van der Waals surface area contributed by atoms with Gasteiger partial charge in [0.1, 0.15) is 12.4 Å². The van der Waals surface area contributed by atoms with Gasteiger partial charge in [-0.15, -0.1) is 0 Å². The van der Waals surface area contributed by atoms with E-state index in [0.29, 0.717) is 10.0 Å². The minimum absolute atomic E-state index is 0.0349. The smallest absolute Gasteiger partial charge is 0.486 e. The van der Waals surface area contributed by atoms with Crippen LogP contribution in [0, 0.1) is 19.7 Å². The lowest BCUT2D eigenvalue weighted by molar-refractivity contribution is 0.120. The zero-order valence-corrected chi connectivity index (χ0v) is 14.6. The van der Waals surface area contributed by atoms with Gasteiger partial charge in [-0.2, -0.15) is 0 Å². The molecule has 0 saturated carbocycles. The Bertz CT molecular complexity index is 731. The molecule has 0 aromatic heterocycles. The Morgan fingerprint density at radius 3 is 2.57 bits per heavy atom. The van der Waals surface area contributed by atoms with Crippen molar-refractivity contribution in [3.05, 3.63) is 57.3 Å². The average Bonchev–Trinajstić information content (AvgIpc) is 2.51. The Morgan fingerprint density at radius 1 is 1.17 bits per heavy atom. The number of benzene rings is 2. The molecule has 6 heteroatoms. The lowest BCUT2D eigenvalue weighted by atomic mass is 10.1. The van der Waals surface area contributed by atoms with Crippen molar-refractivity contribution >= 4 is 22.1 Å². The fourth-order valence-corrected chi connectivity index (χ4v) is 2.38. The van der Waals surface area contributed by atoms with E-state index < -0.39 is 12.0 Å². The molecule has 0 bridgehead atoms. The van der Waals surface area contributed by atoms with Crippen LogP contribution < -0.4 is 9.47 Å². The van der Waals surface area contributed by atoms with Crippen LogP contribution >= 0.6 is 15.9 Å². The molecule has 0 aliphatic rings. The number of methoxy groups -OCH3 is 1. The molecule has 0 aliphatic carbocycles. The Balaban J connectivity index is 2.23. The number of ether oxygens (including phenoxy) is 3. The largest absolute Gasteiger partial charge is 0.513 e. The van der Waals surface area contributed by atoms with Crippen LogP contribution in [0.3, 0.4) is 0 Å². The summed E-state index contributed by atoms with van der Waals surface area (Å²) in [5.41, 5.74) is 2.36. The van der Waals surface area contributed by atoms with Crippen molar-refractivity contribution in [1.29, 1.82) is 0 Å². The van der Waals surface area contributed by atoms with Gasteiger partial charge in [-0.3, -0.25) is 0 Å². The van der Waals surface area contributed by atoms with E-state index >= 15 is 0 Å². The molecule has 2 aromatic rings. The SMILES string of the molecule is COC(=O)Oc1cccc(Br)c1COc1cc(C)c(C)cc1F. The maximum Gasteiger partial charge on any atom is 0.513 e. The fraction of sp³-hybridized carbons (Fsp3) is 0.235. The maximum atomic E-state index is 14.0. The number of halogens is 2. The van der Waals surface area contributed by atoms with E-state index in [-0.39, 0.29) is 18.1 Å². The molecule has 0 heterocycles. The molecule has 0 saturated heterocycles. The van der Waals surface area contributed by atoms with E-state index in [1.807, 2.05) is 13.8 Å². The van der Waals surface area contributed by atoms with Gasteiger partial charge in [-0.1, -0.05) is 22.0 Å². The van der Waals surface area contributed by atoms with Gasteiger partial charge in [0, 0.05) is 10.0 Å². The van der Waals surface area contributed by atoms with E-state index in [1.165, 1.54) is 13.2 Å². The third kappa shape index (κ3) is 4.22. The van der Waals surface area contributed by atoms with Crippen LogP contribution in [-0.2, 0) is 11.3 Å². The highest BCUT2D eigenvalue weighted by Gasteiger charge is 2.14. The lowest BCUT2D eigenvalue weighted by Crippen LogP contribution is -2.10. The first-order chi connectivity index (χ1) is 10.9. The van der Waals surface area contributed by atoms with Gasteiger partial charge in [0.25, 0.3) is 0 Å². The van der Waals surface area contributed by atoms with E-state index in [4.69, 9.17) is 9.47 Å². The van der Waals surface area contributed by atoms with Crippen molar-refractivity contribution in [2.45, 2.75) is 20.5 Å². The summed E-state index contributed by atoms with van der Waals surface area (Å²) in [6.45, 7) is 3.75. The first kappa shape index (κ1) is 17.3. The molecule has 122 valence electrons. The Labute approximate surface area is 142 Å². The molecule has 0 fully saturated rings. The second kappa shape index (κ2) is 7.46. The zero-order valence-electron chi connectivity index (χ0n) is 13.0. The van der Waals surface area contributed by atoms with Crippen molar-refractivity contribution < 1.29 is 23.4 Å². The minimum atomic E-state index is -0.832. The Morgan fingerprint density at radius 2 is 1.87 bits per heavy atom. The molecular formula is C17H16BrFO4. The summed E-state index contributed by atoms with van der Waals surface area (Å²) in [6, 6.07) is 8.16. The highest BCUT2D eigenvalue weighted by Crippen LogP contribution is 2.30. The number of carbonyl (C=O) groups excluding carboxylic acids is 1. The predicted octanol–water partition coefficient (Wildman–Crippen LogP) is 4.93. The number of hydrogen-bond acceptors (Lipinski definition) is 4. The molecule has 2 aromatic carbocycles. The van der Waals surface area contributed by atoms with Crippen molar-refractivity contribution in [1.82, 2.24) is 0 Å². The van der Waals surface area contributed by atoms with E-state index in [2.05, 4.69) is 20.7 Å². The van der Waals surface area contributed by atoms with Crippen molar-refractivity contribution in [2.75, 3.05) is 7.11 Å². The summed E-state index contributed by atoms with van der Waals surface area (Å²) in [5.74, 6) is -0.000993. The van der Waals surface area contributed by atoms with Crippen LogP contribution in [0.4, 0.5) is 9.18 Å². The summed E-state index contributed by atoms with van der Waals surface area (Å²) in [5, 5.41) is 0. The summed E-state index contributed by atoms with van der Waals surface area (Å²) >= 11 is 3.37. The topological polar surface area (TPSA) is 44.8 Å². The molecule has 4 nitrogen and oxygen atoms in total. The van der Waals surface area contributed by atoms with Gasteiger partial charge in [0.05, 0.1) is 7.11 Å². The molecule has 0 unspecified atom stereocenters. The molecule has 0 spiro atoms. The van der Waals surface area contributed by atoms with Crippen LogP contribution in [0.15, 0.2) is 34.8 Å². The fourth-order valence-electron chi connectivity index (χ4n) is 1.92. The highest BCUT2D eigenvalue weighted by atomic mass is 79.9. The first-order valence-electron chi connectivity index (χ1n) is 6.85. The molecular weight excluding hydrogens is 367 g/mol. The standard InChI is InChI=1S/C17H16BrFO4/c1-10-7-14(19)16(8-11(10)2)22-9-12-13(18)5-4-6-15(12)23-17(20)21-3/h4-8H,9H2,1-3H3. The van der Waals surface area contributed by atoms with Crippen LogP contribution in [0.25, 0.3) is 0 Å². The highest BCUT2D eigenvalue weighted by molar-refractivity contribution is 9.10. The summed E-state index contributed by atoms with van der Waals surface area (Å²) in [6.07, 6.45) is -0.832. The monoisotopic (exact) mass is 382 g/mol. The van der Waals surface area contributed by atoms with Crippen molar-refractivity contribution in [2.24, 2.45) is 0 Å². The molecule has 0 N–H and O–H groups in total. The lowest BCUT2D eigenvalue weighted by Gasteiger charge is -2.14. The van der Waals surface area contributed by atoms with Gasteiger partial charge in [0.2, 0.25) is 0 Å². The predicted molar refractivity (Wildman–Crippen MR) is 87.4 cm³/mol. The van der Waals surface area contributed by atoms with Gasteiger partial charge in [0.15, 0.2) is 11.6 Å². The van der Waals surface area contributed by atoms with Gasteiger partial charge >= 0.3 is 6.16 Å². The van der Waals surface area contributed by atoms with Crippen LogP contribution in [0.1, 0.15) is 16.7 Å². The zero-order chi connectivity index (χ0) is 17.0. The number of hydrogen-bond donors (Lipinski definition) is 0. The van der Waals surface area contributed by atoms with Crippen molar-refractivity contribution in [3.8, 4) is 11.5 Å². The number of rotatable bonds is 4. The van der Waals surface area contributed by atoms with Crippen molar-refractivity contribution in [3.63, 3.8) is 0 Å². The Hall–Kier alpha value is -2.08. The summed E-state index contributed by atoms with van der Waals surface area (Å²) < 4.78 is 29.8. The molecule has 0 amide bonds. The molecule has 0 radical (unpaired) electrons. The first-order valence-corrected chi connectivity index (χ1v) is 7.64. The van der Waals surface area contributed by atoms with E-state index in [1.54, 1.807) is 24.3 Å². The quantitative estimate of drug-likeness (QED) is 0.555. The summed E-state index contributed by atoms with van der Waals surface area (Å²) in [7, 11) is 1.22. The number of carbonyl (C=O) groups is 1. The van der Waals surface area contributed by atoms with Gasteiger partial charge in [-0.05, 0) is 49.2 Å². The van der Waals surface area contributed by atoms with Crippen LogP contribution in [0.5, 0.6) is 11.5 Å². The number of aryl methyl sites for hydroxylation is 2. The normalized spacial score (nSPS) is 10.3. The van der Waals surface area contributed by atoms with Gasteiger partial charge in [-0.25, -0.2) is 9.18 Å². The van der Waals surface area contributed by atoms with E-state index in [0.717, 1.165) is 11.1 Å². The molecule has 2 rings (SSSR count). The summed E-state index contributed by atoms with van der Waals surface area (Å²) in [4.78, 5) is 11.3. The molecule has 23 heavy (non-hydrogen) atoms. The van der Waals surface area contributed by atoms with Gasteiger partial charge < -0.3 is 14.2 Å². The third-order valence-electron chi connectivity index (χ3n) is 3.36.